The number of aromatic nitrogens is 2. The smallest absolute Gasteiger partial charge is 0.374 e. The molecule has 0 saturated heterocycles. The van der Waals surface area contributed by atoms with Gasteiger partial charge in [0.15, 0.2) is 0 Å². The largest absolute Gasteiger partial charge is 0.425 e. The summed E-state index contributed by atoms with van der Waals surface area (Å²) in [5.41, 5.74) is -0.440. The van der Waals surface area contributed by atoms with E-state index in [0.717, 1.165) is 21.1 Å². The summed E-state index contributed by atoms with van der Waals surface area (Å²) in [4.78, 5) is 22.3. The van der Waals surface area contributed by atoms with Crippen LogP contribution in [0.15, 0.2) is 18.4 Å². The summed E-state index contributed by atoms with van der Waals surface area (Å²) >= 11 is 1.12. The van der Waals surface area contributed by atoms with E-state index < -0.39 is 11.4 Å². The highest BCUT2D eigenvalue weighted by Gasteiger charge is 2.02. The minimum absolute atomic E-state index is 0.0144. The molecule has 1 aromatic heterocycles. The molecule has 0 aromatic carbocycles. The Morgan fingerprint density at radius 3 is 2.46 bits per heavy atom. The number of hydrogen-bond acceptors (Lipinski definition) is 5. The molecular weight excluding hydrogens is 194 g/mol. The van der Waals surface area contributed by atoms with Crippen LogP contribution in [0.3, 0.4) is 0 Å². The molecule has 1 heterocycles. The van der Waals surface area contributed by atoms with Gasteiger partial charge >= 0.3 is 17.1 Å². The Labute approximate surface area is 77.7 Å². The molecule has 0 saturated carbocycles. The van der Waals surface area contributed by atoms with Crippen molar-refractivity contribution >= 4 is 11.9 Å². The molecule has 1 rings (SSSR count). The first-order valence-electron chi connectivity index (χ1n) is 3.42. The van der Waals surface area contributed by atoms with Gasteiger partial charge in [-0.3, -0.25) is 0 Å². The van der Waals surface area contributed by atoms with E-state index in [1.165, 1.54) is 14.1 Å². The fraction of sp³-hybridized carbons (Fsp3) is 0.500. The Kier molecular flexibility index (Phi) is 2.76. The van der Waals surface area contributed by atoms with Gasteiger partial charge in [-0.25, -0.2) is 18.7 Å². The highest BCUT2D eigenvalue weighted by atomic mass is 32.2. The lowest BCUT2D eigenvalue weighted by atomic mass is 10.9. The van der Waals surface area contributed by atoms with Crippen LogP contribution >= 0.6 is 11.9 Å². The molecule has 13 heavy (non-hydrogen) atoms. The summed E-state index contributed by atoms with van der Waals surface area (Å²) < 4.78 is 10.6. The van der Waals surface area contributed by atoms with Crippen LogP contribution in [0.1, 0.15) is 0 Å². The van der Waals surface area contributed by atoms with Crippen molar-refractivity contribution in [1.29, 1.82) is 0 Å². The van der Waals surface area contributed by atoms with Crippen LogP contribution < -0.4 is 17.1 Å². The molecule has 0 bridgehead atoms. The Morgan fingerprint density at radius 1 is 1.31 bits per heavy atom. The Hall–Kier alpha value is -1.24. The first-order valence-corrected chi connectivity index (χ1v) is 4.60. The molecule has 0 aliphatic rings. The van der Waals surface area contributed by atoms with Gasteiger partial charge in [0.2, 0.25) is 0 Å². The summed E-state index contributed by atoms with van der Waals surface area (Å²) in [6.45, 7) is 0. The highest BCUT2D eigenvalue weighted by Crippen LogP contribution is 1.86. The van der Waals surface area contributed by atoms with Gasteiger partial charge in [-0.2, -0.15) is 4.40 Å². The van der Waals surface area contributed by atoms with Crippen molar-refractivity contribution < 1.29 is 4.42 Å². The molecule has 0 radical (unpaired) electrons. The molecule has 0 fully saturated rings. The third kappa shape index (κ3) is 1.74. The van der Waals surface area contributed by atoms with Gasteiger partial charge < -0.3 is 4.42 Å². The summed E-state index contributed by atoms with van der Waals surface area (Å²) in [5.74, 6) is -0.712. The van der Waals surface area contributed by atoms with E-state index in [-0.39, 0.29) is 5.68 Å². The van der Waals surface area contributed by atoms with Gasteiger partial charge in [-0.1, -0.05) is 0 Å². The van der Waals surface area contributed by atoms with Crippen LogP contribution in [0.4, 0.5) is 0 Å². The zero-order valence-corrected chi connectivity index (χ0v) is 8.29. The summed E-state index contributed by atoms with van der Waals surface area (Å²) in [5, 5.41) is 0. The molecule has 0 amide bonds. The lowest BCUT2D eigenvalue weighted by molar-refractivity contribution is 0.343. The molecule has 0 atom stereocenters. The first-order chi connectivity index (χ1) is 6.07. The minimum atomic E-state index is -0.712. The molecule has 72 valence electrons. The third-order valence-corrected chi connectivity index (χ3v) is 1.82. The van der Waals surface area contributed by atoms with E-state index in [1.807, 2.05) is 0 Å². The SMILES string of the molecule is CSN=c1oc(=O)n(C)c(=O)n1C. The van der Waals surface area contributed by atoms with Crippen LogP contribution in [0.5, 0.6) is 0 Å². The van der Waals surface area contributed by atoms with E-state index >= 15 is 0 Å². The second kappa shape index (κ2) is 3.65. The average Bonchev–Trinajstić information content (AvgIpc) is 2.11. The number of nitrogens with zero attached hydrogens (tertiary/aromatic N) is 3. The van der Waals surface area contributed by atoms with E-state index in [9.17, 15) is 9.59 Å². The Morgan fingerprint density at radius 2 is 1.92 bits per heavy atom. The van der Waals surface area contributed by atoms with Gasteiger partial charge in [0, 0.05) is 20.4 Å². The monoisotopic (exact) mass is 203 g/mol. The van der Waals surface area contributed by atoms with Gasteiger partial charge in [0.1, 0.15) is 0 Å². The molecular formula is C6H9N3O3S. The van der Waals surface area contributed by atoms with Gasteiger partial charge in [-0.05, 0) is 11.9 Å². The Bertz CT molecular complexity index is 481. The summed E-state index contributed by atoms with van der Waals surface area (Å²) in [6.07, 6.45) is 1.71. The predicted molar refractivity (Wildman–Crippen MR) is 48.3 cm³/mol. The van der Waals surface area contributed by atoms with Gasteiger partial charge in [0.25, 0.3) is 0 Å². The maximum Gasteiger partial charge on any atom is 0.425 e. The maximum atomic E-state index is 11.3. The molecule has 0 spiro atoms. The topological polar surface area (TPSA) is 69.5 Å². The fourth-order valence-electron chi connectivity index (χ4n) is 0.758. The second-order valence-electron chi connectivity index (χ2n) is 2.33. The highest BCUT2D eigenvalue weighted by molar-refractivity contribution is 7.97. The zero-order chi connectivity index (χ0) is 10.0. The molecule has 0 aliphatic heterocycles. The van der Waals surface area contributed by atoms with Crippen molar-refractivity contribution in [1.82, 2.24) is 9.13 Å². The normalized spacial score (nSPS) is 12.1. The standard InChI is InChI=1S/C6H9N3O3S/c1-8-4(7-13-3)12-6(11)9(2)5(8)10/h1-3H3. The van der Waals surface area contributed by atoms with Crippen molar-refractivity contribution in [2.45, 2.75) is 0 Å². The predicted octanol–water partition coefficient (Wildman–Crippen LogP) is -1.14. The lowest BCUT2D eigenvalue weighted by Gasteiger charge is -1.98. The molecule has 1 aromatic rings. The summed E-state index contributed by atoms with van der Waals surface area (Å²) in [6, 6.07) is 0. The Balaban J connectivity index is 3.71. The quantitative estimate of drug-likeness (QED) is 0.541. The number of hydrogen-bond donors (Lipinski definition) is 0. The van der Waals surface area contributed by atoms with Crippen LogP contribution in [-0.4, -0.2) is 15.4 Å². The number of rotatable bonds is 1. The molecule has 7 heteroatoms. The van der Waals surface area contributed by atoms with E-state index in [1.54, 1.807) is 6.26 Å². The molecule has 0 unspecified atom stereocenters. The second-order valence-corrected chi connectivity index (χ2v) is 2.87. The van der Waals surface area contributed by atoms with E-state index in [0.29, 0.717) is 0 Å². The van der Waals surface area contributed by atoms with E-state index in [4.69, 9.17) is 4.42 Å². The summed E-state index contributed by atoms with van der Waals surface area (Å²) in [7, 11) is 2.83. The van der Waals surface area contributed by atoms with Crippen molar-refractivity contribution in [3.8, 4) is 0 Å². The van der Waals surface area contributed by atoms with Gasteiger partial charge in [0.05, 0.1) is 0 Å². The van der Waals surface area contributed by atoms with Crippen LogP contribution in [0.25, 0.3) is 0 Å². The van der Waals surface area contributed by atoms with Crippen molar-refractivity contribution in [3.63, 3.8) is 0 Å². The lowest BCUT2D eigenvalue weighted by Crippen LogP contribution is -2.44. The van der Waals surface area contributed by atoms with Crippen molar-refractivity contribution in [3.05, 3.63) is 26.7 Å². The first kappa shape index (κ1) is 9.85. The van der Waals surface area contributed by atoms with Gasteiger partial charge in [-0.15, -0.1) is 0 Å². The van der Waals surface area contributed by atoms with E-state index in [2.05, 4.69) is 4.40 Å². The van der Waals surface area contributed by atoms with Crippen LogP contribution in [0.2, 0.25) is 0 Å². The average molecular weight is 203 g/mol. The van der Waals surface area contributed by atoms with Crippen molar-refractivity contribution in [2.75, 3.05) is 6.26 Å². The minimum Gasteiger partial charge on any atom is -0.374 e. The molecule has 6 nitrogen and oxygen atoms in total. The molecule has 0 N–H and O–H groups in total. The van der Waals surface area contributed by atoms with Crippen LogP contribution in [0, 0.1) is 0 Å². The third-order valence-electron chi connectivity index (χ3n) is 1.48. The zero-order valence-electron chi connectivity index (χ0n) is 7.47. The maximum absolute atomic E-state index is 11.3. The van der Waals surface area contributed by atoms with Crippen LogP contribution in [-0.2, 0) is 14.1 Å². The molecule has 0 aliphatic carbocycles. The van der Waals surface area contributed by atoms with Crippen molar-refractivity contribution in [2.24, 2.45) is 18.5 Å². The fourth-order valence-corrected chi connectivity index (χ4v) is 1.07.